The average Bonchev–Trinajstić information content (AvgIpc) is 2.36. The van der Waals surface area contributed by atoms with Crippen molar-refractivity contribution in [3.8, 4) is 0 Å². The zero-order valence-corrected chi connectivity index (χ0v) is 7.92. The number of aromatic amines is 1. The van der Waals surface area contributed by atoms with E-state index in [1.165, 1.54) is 5.39 Å². The van der Waals surface area contributed by atoms with Crippen LogP contribution in [-0.2, 0) is 0 Å². The highest BCUT2D eigenvalue weighted by Crippen LogP contribution is 2.21. The monoisotopic (exact) mass is 258 g/mol. The maximum atomic E-state index is 5.72. The number of nitrogen functional groups attached to an aromatic ring is 1. The number of rotatable bonds is 0. The first-order valence-electron chi connectivity index (χ1n) is 3.29. The van der Waals surface area contributed by atoms with Crippen molar-refractivity contribution >= 4 is 39.2 Å². The van der Waals surface area contributed by atoms with Crippen molar-refractivity contribution in [3.63, 3.8) is 0 Å². The number of nitrogens with two attached hydrogens (primary N) is 1. The SMILES string of the molecule is Nc1cc2[nH]ccc2cc1I. The lowest BCUT2D eigenvalue weighted by atomic mass is 10.2. The van der Waals surface area contributed by atoms with E-state index in [-0.39, 0.29) is 0 Å². The van der Waals surface area contributed by atoms with Gasteiger partial charge in [0.25, 0.3) is 0 Å². The molecule has 0 fully saturated rings. The third-order valence-electron chi connectivity index (χ3n) is 1.67. The van der Waals surface area contributed by atoms with Crippen LogP contribution >= 0.6 is 22.6 Å². The molecule has 0 saturated heterocycles. The second-order valence-electron chi connectivity index (χ2n) is 2.44. The fraction of sp³-hybridized carbons (Fsp3) is 0. The van der Waals surface area contributed by atoms with Gasteiger partial charge < -0.3 is 10.7 Å². The molecule has 1 aromatic heterocycles. The number of hydrogen-bond donors (Lipinski definition) is 2. The van der Waals surface area contributed by atoms with Gasteiger partial charge in [0.1, 0.15) is 0 Å². The van der Waals surface area contributed by atoms with Crippen LogP contribution < -0.4 is 5.73 Å². The van der Waals surface area contributed by atoms with Gasteiger partial charge in [-0.3, -0.25) is 0 Å². The van der Waals surface area contributed by atoms with Crippen LogP contribution in [0.5, 0.6) is 0 Å². The normalized spacial score (nSPS) is 10.6. The van der Waals surface area contributed by atoms with E-state index < -0.39 is 0 Å². The Morgan fingerprint density at radius 3 is 3.00 bits per heavy atom. The fourth-order valence-corrected chi connectivity index (χ4v) is 1.58. The third-order valence-corrected chi connectivity index (χ3v) is 2.60. The average molecular weight is 258 g/mol. The molecule has 0 radical (unpaired) electrons. The predicted molar refractivity (Wildman–Crippen MR) is 55.4 cm³/mol. The van der Waals surface area contributed by atoms with E-state index in [1.54, 1.807) is 0 Å². The Balaban J connectivity index is 2.86. The Morgan fingerprint density at radius 1 is 1.36 bits per heavy atom. The van der Waals surface area contributed by atoms with Crippen LogP contribution in [0.1, 0.15) is 0 Å². The molecule has 2 rings (SSSR count). The van der Waals surface area contributed by atoms with Crippen molar-refractivity contribution in [2.45, 2.75) is 0 Å². The summed E-state index contributed by atoms with van der Waals surface area (Å²) in [5.41, 5.74) is 7.65. The van der Waals surface area contributed by atoms with Gasteiger partial charge in [0.05, 0.1) is 0 Å². The van der Waals surface area contributed by atoms with Crippen LogP contribution in [0.25, 0.3) is 10.9 Å². The topological polar surface area (TPSA) is 41.8 Å². The summed E-state index contributed by atoms with van der Waals surface area (Å²) >= 11 is 2.23. The molecule has 0 unspecified atom stereocenters. The molecule has 0 bridgehead atoms. The van der Waals surface area contributed by atoms with E-state index >= 15 is 0 Å². The Labute approximate surface area is 77.9 Å². The molecule has 3 heteroatoms. The predicted octanol–water partition coefficient (Wildman–Crippen LogP) is 2.35. The number of hydrogen-bond acceptors (Lipinski definition) is 1. The van der Waals surface area contributed by atoms with Crippen LogP contribution in [0.4, 0.5) is 5.69 Å². The molecule has 0 saturated carbocycles. The van der Waals surface area contributed by atoms with Crippen molar-refractivity contribution < 1.29 is 0 Å². The quantitative estimate of drug-likeness (QED) is 0.552. The number of H-pyrrole nitrogens is 1. The molecule has 1 heterocycles. The van der Waals surface area contributed by atoms with Gasteiger partial charge >= 0.3 is 0 Å². The Morgan fingerprint density at radius 2 is 2.18 bits per heavy atom. The Bertz CT molecular complexity index is 356. The first-order chi connectivity index (χ1) is 5.27. The molecule has 0 atom stereocenters. The zero-order valence-electron chi connectivity index (χ0n) is 5.76. The van der Waals surface area contributed by atoms with Gasteiger partial charge in [-0.25, -0.2) is 0 Å². The van der Waals surface area contributed by atoms with E-state index in [0.717, 1.165) is 14.8 Å². The summed E-state index contributed by atoms with van der Waals surface area (Å²) in [5.74, 6) is 0. The minimum absolute atomic E-state index is 0.834. The second-order valence-corrected chi connectivity index (χ2v) is 3.60. The van der Waals surface area contributed by atoms with E-state index in [4.69, 9.17) is 5.73 Å². The molecule has 2 nitrogen and oxygen atoms in total. The van der Waals surface area contributed by atoms with Gasteiger partial charge in [-0.05, 0) is 40.8 Å². The Kier molecular flexibility index (Phi) is 1.52. The van der Waals surface area contributed by atoms with Gasteiger partial charge in [0, 0.05) is 26.4 Å². The van der Waals surface area contributed by atoms with E-state index in [0.29, 0.717) is 0 Å². The van der Waals surface area contributed by atoms with Gasteiger partial charge in [-0.2, -0.15) is 0 Å². The molecule has 0 aliphatic heterocycles. The van der Waals surface area contributed by atoms with E-state index in [2.05, 4.69) is 33.6 Å². The van der Waals surface area contributed by atoms with Gasteiger partial charge in [-0.1, -0.05) is 0 Å². The molecule has 0 aliphatic carbocycles. The number of benzene rings is 1. The molecular formula is C8H7IN2. The van der Waals surface area contributed by atoms with E-state index in [9.17, 15) is 0 Å². The standard InChI is InChI=1S/C8H7IN2/c9-6-3-5-1-2-11-8(5)4-7(6)10/h1-4,11H,10H2. The molecule has 11 heavy (non-hydrogen) atoms. The smallest absolute Gasteiger partial charge is 0.0475 e. The van der Waals surface area contributed by atoms with Gasteiger partial charge in [0.15, 0.2) is 0 Å². The van der Waals surface area contributed by atoms with Crippen LogP contribution in [0.15, 0.2) is 24.4 Å². The summed E-state index contributed by atoms with van der Waals surface area (Å²) in [6.45, 7) is 0. The maximum Gasteiger partial charge on any atom is 0.0475 e. The van der Waals surface area contributed by atoms with E-state index in [1.807, 2.05) is 18.3 Å². The molecule has 1 aromatic carbocycles. The maximum absolute atomic E-state index is 5.72. The highest BCUT2D eigenvalue weighted by molar-refractivity contribution is 14.1. The number of halogens is 1. The van der Waals surface area contributed by atoms with Crippen molar-refractivity contribution in [2.24, 2.45) is 0 Å². The molecule has 0 spiro atoms. The minimum Gasteiger partial charge on any atom is -0.398 e. The highest BCUT2D eigenvalue weighted by Gasteiger charge is 1.98. The highest BCUT2D eigenvalue weighted by atomic mass is 127. The molecule has 3 N–H and O–H groups in total. The minimum atomic E-state index is 0.834. The lowest BCUT2D eigenvalue weighted by Crippen LogP contribution is -1.87. The Hall–Kier alpha value is -0.710. The molecule has 0 amide bonds. The summed E-state index contributed by atoms with van der Waals surface area (Å²) in [6.07, 6.45) is 1.92. The summed E-state index contributed by atoms with van der Waals surface area (Å²) in [4.78, 5) is 3.10. The lowest BCUT2D eigenvalue weighted by Gasteiger charge is -1.96. The van der Waals surface area contributed by atoms with Crippen LogP contribution in [0, 0.1) is 3.57 Å². The van der Waals surface area contributed by atoms with Crippen LogP contribution in [0.3, 0.4) is 0 Å². The first kappa shape index (κ1) is 6.97. The number of aromatic nitrogens is 1. The second kappa shape index (κ2) is 2.41. The fourth-order valence-electron chi connectivity index (χ4n) is 1.09. The summed E-state index contributed by atoms with van der Waals surface area (Å²) < 4.78 is 1.11. The van der Waals surface area contributed by atoms with Gasteiger partial charge in [0.2, 0.25) is 0 Å². The van der Waals surface area contributed by atoms with Crippen molar-refractivity contribution in [3.05, 3.63) is 28.0 Å². The van der Waals surface area contributed by atoms with Crippen molar-refractivity contribution in [1.29, 1.82) is 0 Å². The van der Waals surface area contributed by atoms with Crippen LogP contribution in [0.2, 0.25) is 0 Å². The molecule has 0 aliphatic rings. The largest absolute Gasteiger partial charge is 0.398 e. The van der Waals surface area contributed by atoms with Crippen LogP contribution in [-0.4, -0.2) is 4.98 Å². The number of fused-ring (bicyclic) bond motifs is 1. The lowest BCUT2D eigenvalue weighted by molar-refractivity contribution is 1.48. The summed E-state index contributed by atoms with van der Waals surface area (Å²) in [6, 6.07) is 6.07. The third kappa shape index (κ3) is 1.09. The summed E-state index contributed by atoms with van der Waals surface area (Å²) in [5, 5.41) is 1.21. The van der Waals surface area contributed by atoms with Crippen molar-refractivity contribution in [2.75, 3.05) is 5.73 Å². The van der Waals surface area contributed by atoms with Crippen molar-refractivity contribution in [1.82, 2.24) is 4.98 Å². The molecule has 2 aromatic rings. The molecular weight excluding hydrogens is 251 g/mol. The summed E-state index contributed by atoms with van der Waals surface area (Å²) in [7, 11) is 0. The first-order valence-corrected chi connectivity index (χ1v) is 4.37. The van der Waals surface area contributed by atoms with Gasteiger partial charge in [-0.15, -0.1) is 0 Å². The molecule has 56 valence electrons. The number of nitrogens with one attached hydrogen (secondary N) is 1. The number of anilines is 1. The zero-order chi connectivity index (χ0) is 7.84.